The number of carbonyl (C=O) groups is 2. The highest BCUT2D eigenvalue weighted by Crippen LogP contribution is 2.39. The maximum Gasteiger partial charge on any atom is 0.238 e. The first-order valence-corrected chi connectivity index (χ1v) is 11.9. The van der Waals surface area contributed by atoms with Crippen molar-refractivity contribution < 1.29 is 9.59 Å². The topological polar surface area (TPSA) is 107 Å². The van der Waals surface area contributed by atoms with E-state index in [1.807, 2.05) is 30.9 Å². The Morgan fingerprint density at radius 3 is 2.41 bits per heavy atom. The van der Waals surface area contributed by atoms with E-state index in [-0.39, 0.29) is 17.9 Å². The van der Waals surface area contributed by atoms with Crippen molar-refractivity contribution in [2.24, 2.45) is 16.1 Å². The number of aliphatic imine (C=N–C) groups is 1. The minimum absolute atomic E-state index is 0.00296. The number of likely N-dealkylation sites (tertiary alicyclic amines) is 1. The van der Waals surface area contributed by atoms with Gasteiger partial charge in [0, 0.05) is 50.9 Å². The molecule has 3 rings (SSSR count). The second-order valence-corrected chi connectivity index (χ2v) is 9.25. The lowest BCUT2D eigenvalue weighted by Crippen LogP contribution is -2.48. The van der Waals surface area contributed by atoms with Gasteiger partial charge in [-0.05, 0) is 38.8 Å². The number of rotatable bonds is 7. The predicted octanol–water partition coefficient (Wildman–Crippen LogP) is 2.93. The summed E-state index contributed by atoms with van der Waals surface area (Å²) in [5.41, 5.74) is 6.89. The first kappa shape index (κ1) is 25.3. The van der Waals surface area contributed by atoms with Crippen LogP contribution in [0.5, 0.6) is 0 Å². The van der Waals surface area contributed by atoms with Gasteiger partial charge in [0.15, 0.2) is 0 Å². The normalized spacial score (nSPS) is 20.5. The van der Waals surface area contributed by atoms with E-state index in [2.05, 4.69) is 40.6 Å². The van der Waals surface area contributed by atoms with E-state index in [1.54, 1.807) is 18.0 Å². The number of piperazine rings is 1. The largest absolute Gasteiger partial charge is 0.404 e. The quantitative estimate of drug-likeness (QED) is 0.639. The van der Waals surface area contributed by atoms with Crippen molar-refractivity contribution >= 4 is 29.2 Å². The van der Waals surface area contributed by atoms with Crippen molar-refractivity contribution in [3.63, 3.8) is 0 Å². The molecule has 0 atom stereocenters. The Morgan fingerprint density at radius 1 is 1.26 bits per heavy atom. The highest BCUT2D eigenvalue weighted by molar-refractivity contribution is 6.19. The summed E-state index contributed by atoms with van der Waals surface area (Å²) in [4.78, 5) is 39.8. The molecule has 0 spiro atoms. The summed E-state index contributed by atoms with van der Waals surface area (Å²) in [6.07, 6.45) is 4.92. The number of nitrogens with one attached hydrogen (secondary N) is 1. The maximum absolute atomic E-state index is 13.2. The van der Waals surface area contributed by atoms with Gasteiger partial charge in [-0.1, -0.05) is 20.4 Å². The van der Waals surface area contributed by atoms with Crippen LogP contribution in [-0.4, -0.2) is 64.7 Å². The van der Waals surface area contributed by atoms with Crippen molar-refractivity contribution in [2.45, 2.75) is 53.5 Å². The standard InChI is InChI=1S/C25H37N7O2/c1-7-19(8-2)32-23(21(15-26)25(5,6)24(32)34)29-17(3)28-22-10-9-20(16-27-22)31-13-11-30(12-14-31)18(4)33/h9-10,15-16,19H,3,7-8,11-14,26H2,1-2,4-6H3,(H,27,28)/b21-15+,29-23+. The molecule has 1 aromatic heterocycles. The van der Waals surface area contributed by atoms with Crippen LogP contribution in [0.1, 0.15) is 47.5 Å². The second-order valence-electron chi connectivity index (χ2n) is 9.25. The van der Waals surface area contributed by atoms with E-state index in [9.17, 15) is 9.59 Å². The van der Waals surface area contributed by atoms with Crippen LogP contribution in [0.2, 0.25) is 0 Å². The van der Waals surface area contributed by atoms with Crippen LogP contribution in [0.3, 0.4) is 0 Å². The van der Waals surface area contributed by atoms with Gasteiger partial charge in [-0.25, -0.2) is 9.98 Å². The van der Waals surface area contributed by atoms with E-state index in [0.717, 1.165) is 31.6 Å². The van der Waals surface area contributed by atoms with Gasteiger partial charge in [0.2, 0.25) is 11.8 Å². The smallest absolute Gasteiger partial charge is 0.238 e. The van der Waals surface area contributed by atoms with Gasteiger partial charge < -0.3 is 20.9 Å². The third-order valence-electron chi connectivity index (χ3n) is 6.72. The van der Waals surface area contributed by atoms with Gasteiger partial charge in [0.05, 0.1) is 17.3 Å². The number of anilines is 2. The van der Waals surface area contributed by atoms with Gasteiger partial charge in [-0.15, -0.1) is 0 Å². The van der Waals surface area contributed by atoms with Crippen molar-refractivity contribution in [3.8, 4) is 0 Å². The molecule has 34 heavy (non-hydrogen) atoms. The van der Waals surface area contributed by atoms with Gasteiger partial charge in [-0.2, -0.15) is 0 Å². The van der Waals surface area contributed by atoms with Crippen molar-refractivity contribution in [1.82, 2.24) is 14.8 Å². The van der Waals surface area contributed by atoms with Crippen molar-refractivity contribution in [2.75, 3.05) is 36.4 Å². The summed E-state index contributed by atoms with van der Waals surface area (Å²) in [7, 11) is 0. The molecule has 184 valence electrons. The lowest BCUT2D eigenvalue weighted by atomic mass is 9.87. The molecule has 0 saturated carbocycles. The van der Waals surface area contributed by atoms with E-state index in [1.165, 1.54) is 6.20 Å². The van der Waals surface area contributed by atoms with Crippen LogP contribution in [0, 0.1) is 5.41 Å². The number of nitrogens with zero attached hydrogens (tertiary/aromatic N) is 5. The first-order valence-electron chi connectivity index (χ1n) is 11.9. The molecule has 1 aromatic rings. The van der Waals surface area contributed by atoms with E-state index in [4.69, 9.17) is 5.73 Å². The molecule has 0 radical (unpaired) electrons. The van der Waals surface area contributed by atoms with Crippen LogP contribution < -0.4 is 16.0 Å². The number of carbonyl (C=O) groups excluding carboxylic acids is 2. The molecule has 0 aliphatic carbocycles. The van der Waals surface area contributed by atoms with E-state index < -0.39 is 5.41 Å². The van der Waals surface area contributed by atoms with E-state index >= 15 is 0 Å². The molecular weight excluding hydrogens is 430 g/mol. The number of hydrogen-bond donors (Lipinski definition) is 2. The third kappa shape index (κ3) is 4.93. The molecule has 9 nitrogen and oxygen atoms in total. The Balaban J connectivity index is 1.75. The summed E-state index contributed by atoms with van der Waals surface area (Å²) in [5.74, 6) is 1.64. The highest BCUT2D eigenvalue weighted by atomic mass is 16.2. The SMILES string of the molecule is C=C(/N=C1\C(=C/N)C(C)(C)C(=O)N1C(CC)CC)Nc1ccc(N2CCN(C(C)=O)CC2)cn1. The fraction of sp³-hybridized carbons (Fsp3) is 0.520. The molecule has 0 aromatic carbocycles. The van der Waals surface area contributed by atoms with Crippen LogP contribution in [0.15, 0.2) is 47.5 Å². The lowest BCUT2D eigenvalue weighted by Gasteiger charge is -2.35. The lowest BCUT2D eigenvalue weighted by molar-refractivity contribution is -0.134. The zero-order valence-electron chi connectivity index (χ0n) is 21.0. The monoisotopic (exact) mass is 467 g/mol. The average molecular weight is 468 g/mol. The first-order chi connectivity index (χ1) is 16.1. The van der Waals surface area contributed by atoms with Crippen LogP contribution in [0.25, 0.3) is 0 Å². The molecule has 9 heteroatoms. The Bertz CT molecular complexity index is 985. The Labute approximate surface area is 202 Å². The number of amides is 2. The van der Waals surface area contributed by atoms with Gasteiger partial charge in [0.25, 0.3) is 0 Å². The highest BCUT2D eigenvalue weighted by Gasteiger charge is 2.49. The minimum Gasteiger partial charge on any atom is -0.404 e. The predicted molar refractivity (Wildman–Crippen MR) is 136 cm³/mol. The number of aromatic nitrogens is 1. The van der Waals surface area contributed by atoms with Gasteiger partial charge in [-0.3, -0.25) is 14.5 Å². The van der Waals surface area contributed by atoms with E-state index in [0.29, 0.717) is 36.1 Å². The number of nitrogens with two attached hydrogens (primary N) is 1. The molecular formula is C25H37N7O2. The summed E-state index contributed by atoms with van der Waals surface area (Å²) in [6, 6.07) is 3.90. The Morgan fingerprint density at radius 2 is 1.91 bits per heavy atom. The van der Waals surface area contributed by atoms with Crippen LogP contribution >= 0.6 is 0 Å². The molecule has 0 unspecified atom stereocenters. The molecule has 3 N–H and O–H groups in total. The Kier molecular flexibility index (Phi) is 7.64. The molecule has 2 amide bonds. The number of pyridine rings is 1. The molecule has 2 aliphatic heterocycles. The van der Waals surface area contributed by atoms with Crippen molar-refractivity contribution in [1.29, 1.82) is 0 Å². The zero-order chi connectivity index (χ0) is 25.0. The Hall–Kier alpha value is -3.36. The molecule has 0 bridgehead atoms. The molecule has 2 aliphatic rings. The summed E-state index contributed by atoms with van der Waals surface area (Å²) in [5, 5.41) is 3.13. The van der Waals surface area contributed by atoms with Crippen molar-refractivity contribution in [3.05, 3.63) is 42.5 Å². The van der Waals surface area contributed by atoms with Gasteiger partial charge >= 0.3 is 0 Å². The molecule has 3 heterocycles. The zero-order valence-corrected chi connectivity index (χ0v) is 21.0. The van der Waals surface area contributed by atoms with Gasteiger partial charge in [0.1, 0.15) is 17.5 Å². The third-order valence-corrected chi connectivity index (χ3v) is 6.72. The molecule has 2 fully saturated rings. The number of amidine groups is 1. The molecule has 2 saturated heterocycles. The summed E-state index contributed by atoms with van der Waals surface area (Å²) >= 11 is 0. The number of hydrogen-bond acceptors (Lipinski definition) is 7. The maximum atomic E-state index is 13.2. The van der Waals surface area contributed by atoms with Crippen LogP contribution in [0.4, 0.5) is 11.5 Å². The fourth-order valence-corrected chi connectivity index (χ4v) is 4.54. The average Bonchev–Trinajstić information content (AvgIpc) is 3.00. The van der Waals surface area contributed by atoms with Crippen LogP contribution in [-0.2, 0) is 9.59 Å². The summed E-state index contributed by atoms with van der Waals surface area (Å²) in [6.45, 7) is 16.5. The summed E-state index contributed by atoms with van der Waals surface area (Å²) < 4.78 is 0. The minimum atomic E-state index is -0.747. The second kappa shape index (κ2) is 10.3. The fourth-order valence-electron chi connectivity index (χ4n) is 4.54.